The van der Waals surface area contributed by atoms with Gasteiger partial charge in [-0.1, -0.05) is 0 Å². The van der Waals surface area contributed by atoms with E-state index < -0.39 is 12.0 Å². The lowest BCUT2D eigenvalue weighted by Gasteiger charge is -2.23. The van der Waals surface area contributed by atoms with Gasteiger partial charge in [0.15, 0.2) is 0 Å². The van der Waals surface area contributed by atoms with Crippen LogP contribution in [0.4, 0.5) is 5.69 Å². The summed E-state index contributed by atoms with van der Waals surface area (Å²) >= 11 is 0. The largest absolute Gasteiger partial charge is 0.496 e. The van der Waals surface area contributed by atoms with Crippen LogP contribution in [0.1, 0.15) is 18.5 Å². The first-order valence-corrected chi connectivity index (χ1v) is 5.71. The van der Waals surface area contributed by atoms with E-state index in [1.54, 1.807) is 37.2 Å². The molecule has 0 bridgehead atoms. The van der Waals surface area contributed by atoms with E-state index in [0.29, 0.717) is 17.0 Å². The third-order valence-electron chi connectivity index (χ3n) is 2.59. The molecule has 0 aliphatic carbocycles. The highest BCUT2D eigenvalue weighted by Gasteiger charge is 2.26. The van der Waals surface area contributed by atoms with Gasteiger partial charge >= 0.3 is 5.97 Å². The van der Waals surface area contributed by atoms with Gasteiger partial charge < -0.3 is 15.2 Å². The van der Waals surface area contributed by atoms with Gasteiger partial charge in [-0.15, -0.1) is 0 Å². The van der Waals surface area contributed by atoms with Crippen LogP contribution < -0.4 is 10.1 Å². The van der Waals surface area contributed by atoms with Crippen molar-refractivity contribution in [2.24, 2.45) is 0 Å². The molecule has 0 spiro atoms. The third-order valence-corrected chi connectivity index (χ3v) is 2.59. The van der Waals surface area contributed by atoms with Crippen LogP contribution in [0.3, 0.4) is 0 Å². The fourth-order valence-corrected chi connectivity index (χ4v) is 1.86. The number of hydrogen-bond acceptors (Lipinski definition) is 4. The summed E-state index contributed by atoms with van der Waals surface area (Å²) in [6.07, 6.45) is 0. The number of anilines is 1. The van der Waals surface area contributed by atoms with Crippen molar-refractivity contribution in [3.05, 3.63) is 23.8 Å². The molecule has 0 aliphatic heterocycles. The average Bonchev–Trinajstić information content (AvgIpc) is 2.27. The molecule has 0 heterocycles. The number of hydrogen-bond donors (Lipinski definition) is 2. The molecule has 104 valence electrons. The van der Waals surface area contributed by atoms with E-state index in [9.17, 15) is 14.7 Å². The first kappa shape index (κ1) is 15.0. The van der Waals surface area contributed by atoms with Crippen molar-refractivity contribution < 1.29 is 19.4 Å². The molecule has 1 amide bonds. The topological polar surface area (TPSA) is 78.9 Å². The summed E-state index contributed by atoms with van der Waals surface area (Å²) in [7, 11) is 4.82. The lowest BCUT2D eigenvalue weighted by Crippen LogP contribution is -2.28. The van der Waals surface area contributed by atoms with Gasteiger partial charge in [0, 0.05) is 18.2 Å². The Hall–Kier alpha value is -2.08. The Kier molecular flexibility index (Phi) is 4.88. The minimum Gasteiger partial charge on any atom is -0.496 e. The monoisotopic (exact) mass is 266 g/mol. The first-order valence-electron chi connectivity index (χ1n) is 5.71. The van der Waals surface area contributed by atoms with Crippen molar-refractivity contribution in [2.45, 2.75) is 13.0 Å². The number of carboxylic acid groups (broad SMARTS) is 1. The van der Waals surface area contributed by atoms with Crippen LogP contribution >= 0.6 is 0 Å². The number of carbonyl (C=O) groups excluding carboxylic acids is 1. The quantitative estimate of drug-likeness (QED) is 0.840. The lowest BCUT2D eigenvalue weighted by atomic mass is 10.0. The van der Waals surface area contributed by atoms with Gasteiger partial charge in [-0.3, -0.25) is 14.5 Å². The van der Waals surface area contributed by atoms with E-state index in [1.165, 1.54) is 14.0 Å². The van der Waals surface area contributed by atoms with Crippen molar-refractivity contribution in [1.29, 1.82) is 0 Å². The number of ether oxygens (including phenoxy) is 1. The highest BCUT2D eigenvalue weighted by molar-refractivity contribution is 5.89. The zero-order valence-corrected chi connectivity index (χ0v) is 11.4. The molecular formula is C13H18N2O4. The van der Waals surface area contributed by atoms with Gasteiger partial charge in [0.05, 0.1) is 7.11 Å². The Balaban J connectivity index is 3.27. The number of amides is 1. The molecule has 0 aromatic heterocycles. The Labute approximate surface area is 112 Å². The summed E-state index contributed by atoms with van der Waals surface area (Å²) in [5.41, 5.74) is 1.03. The van der Waals surface area contributed by atoms with Crippen molar-refractivity contribution in [2.75, 3.05) is 26.5 Å². The van der Waals surface area contributed by atoms with Gasteiger partial charge in [0.1, 0.15) is 11.8 Å². The van der Waals surface area contributed by atoms with Crippen molar-refractivity contribution in [3.63, 3.8) is 0 Å². The summed E-state index contributed by atoms with van der Waals surface area (Å²) in [4.78, 5) is 24.0. The Bertz CT molecular complexity index is 486. The minimum absolute atomic E-state index is 0.215. The van der Waals surface area contributed by atoms with Crippen LogP contribution in [0.5, 0.6) is 5.75 Å². The van der Waals surface area contributed by atoms with Gasteiger partial charge in [-0.2, -0.15) is 0 Å². The first-order chi connectivity index (χ1) is 8.86. The summed E-state index contributed by atoms with van der Waals surface area (Å²) < 4.78 is 5.18. The second-order valence-corrected chi connectivity index (χ2v) is 4.34. The number of likely N-dealkylation sites (N-methyl/N-ethyl adjacent to an activating group) is 1. The zero-order chi connectivity index (χ0) is 14.6. The van der Waals surface area contributed by atoms with Crippen LogP contribution in [0.2, 0.25) is 0 Å². The number of nitrogens with zero attached hydrogens (tertiary/aromatic N) is 1. The molecule has 6 nitrogen and oxygen atoms in total. The van der Waals surface area contributed by atoms with Gasteiger partial charge in [-0.25, -0.2) is 0 Å². The summed E-state index contributed by atoms with van der Waals surface area (Å²) in [5, 5.41) is 11.9. The number of nitrogens with one attached hydrogen (secondary N) is 1. The maximum absolute atomic E-state index is 11.4. The van der Waals surface area contributed by atoms with Crippen LogP contribution in [-0.2, 0) is 9.59 Å². The van der Waals surface area contributed by atoms with Crippen LogP contribution in [0, 0.1) is 0 Å². The van der Waals surface area contributed by atoms with Gasteiger partial charge in [-0.05, 0) is 32.3 Å². The fraction of sp³-hybridized carbons (Fsp3) is 0.385. The summed E-state index contributed by atoms with van der Waals surface area (Å²) in [6, 6.07) is 4.07. The zero-order valence-electron chi connectivity index (χ0n) is 11.4. The normalized spacial score (nSPS) is 12.1. The van der Waals surface area contributed by atoms with Crippen LogP contribution in [0.25, 0.3) is 0 Å². The van der Waals surface area contributed by atoms with Gasteiger partial charge in [0.25, 0.3) is 0 Å². The average molecular weight is 266 g/mol. The summed E-state index contributed by atoms with van der Waals surface area (Å²) in [5.74, 6) is -0.730. The fourth-order valence-electron chi connectivity index (χ4n) is 1.86. The van der Waals surface area contributed by atoms with E-state index in [0.717, 1.165) is 0 Å². The second kappa shape index (κ2) is 6.19. The molecule has 0 aliphatic rings. The Morgan fingerprint density at radius 3 is 2.42 bits per heavy atom. The van der Waals surface area contributed by atoms with Crippen molar-refractivity contribution in [1.82, 2.24) is 4.90 Å². The predicted octanol–water partition coefficient (Wildman–Crippen LogP) is 1.34. The van der Waals surface area contributed by atoms with Gasteiger partial charge in [0.2, 0.25) is 5.91 Å². The number of rotatable bonds is 5. The van der Waals surface area contributed by atoms with E-state index >= 15 is 0 Å². The van der Waals surface area contributed by atoms with E-state index in [2.05, 4.69) is 5.32 Å². The van der Waals surface area contributed by atoms with E-state index in [4.69, 9.17) is 4.74 Å². The van der Waals surface area contributed by atoms with Crippen LogP contribution in [-0.4, -0.2) is 43.1 Å². The highest BCUT2D eigenvalue weighted by atomic mass is 16.5. The third kappa shape index (κ3) is 3.69. The maximum Gasteiger partial charge on any atom is 0.325 e. The number of benzene rings is 1. The molecular weight excluding hydrogens is 248 g/mol. The molecule has 0 radical (unpaired) electrons. The minimum atomic E-state index is -0.983. The molecule has 19 heavy (non-hydrogen) atoms. The molecule has 1 atom stereocenters. The van der Waals surface area contributed by atoms with E-state index in [1.807, 2.05) is 0 Å². The molecule has 0 saturated heterocycles. The molecule has 0 saturated carbocycles. The van der Waals surface area contributed by atoms with Crippen molar-refractivity contribution >= 4 is 17.6 Å². The lowest BCUT2D eigenvalue weighted by molar-refractivity contribution is -0.142. The number of methoxy groups -OCH3 is 1. The number of carbonyl (C=O) groups is 2. The molecule has 1 aromatic rings. The Morgan fingerprint density at radius 1 is 1.37 bits per heavy atom. The van der Waals surface area contributed by atoms with E-state index in [-0.39, 0.29) is 5.91 Å². The predicted molar refractivity (Wildman–Crippen MR) is 71.4 cm³/mol. The second-order valence-electron chi connectivity index (χ2n) is 4.34. The maximum atomic E-state index is 11.4. The van der Waals surface area contributed by atoms with Crippen molar-refractivity contribution in [3.8, 4) is 5.75 Å². The van der Waals surface area contributed by atoms with Crippen LogP contribution in [0.15, 0.2) is 18.2 Å². The summed E-state index contributed by atoms with van der Waals surface area (Å²) in [6.45, 7) is 1.39. The molecule has 1 aromatic carbocycles. The SMILES string of the molecule is COc1ccc(NC(C)=O)cc1C(C(=O)O)N(C)C. The molecule has 6 heteroatoms. The number of carboxylic acids is 1. The molecule has 1 rings (SSSR count). The smallest absolute Gasteiger partial charge is 0.325 e. The number of aliphatic carboxylic acids is 1. The standard InChI is InChI=1S/C13H18N2O4/c1-8(16)14-9-5-6-11(19-4)10(7-9)12(13(17)18)15(2)3/h5-7,12H,1-4H3,(H,14,16)(H,17,18). The molecule has 1 unspecified atom stereocenters. The molecule has 0 fully saturated rings. The molecule has 2 N–H and O–H groups in total. The Morgan fingerprint density at radius 2 is 2.00 bits per heavy atom. The highest BCUT2D eigenvalue weighted by Crippen LogP contribution is 2.31.